The average Bonchev–Trinajstić information content (AvgIpc) is 3.22. The van der Waals surface area contributed by atoms with Gasteiger partial charge in [0.15, 0.2) is 5.65 Å². The zero-order valence-corrected chi connectivity index (χ0v) is 20.4. The Morgan fingerprint density at radius 3 is 2.97 bits per heavy atom. The summed E-state index contributed by atoms with van der Waals surface area (Å²) in [6, 6.07) is 6.14. The lowest BCUT2D eigenvalue weighted by Crippen LogP contribution is -2.26. The van der Waals surface area contributed by atoms with E-state index in [1.54, 1.807) is 10.7 Å². The Morgan fingerprint density at radius 2 is 2.23 bits per heavy atom. The molecular weight excluding hydrogens is 464 g/mol. The number of fused-ring (bicyclic) bond motifs is 1. The number of ether oxygens (including phenoxy) is 1. The number of amides is 2. The van der Waals surface area contributed by atoms with Crippen molar-refractivity contribution in [2.75, 3.05) is 25.1 Å². The second-order valence-corrected chi connectivity index (χ2v) is 9.77. The van der Waals surface area contributed by atoms with E-state index in [1.807, 2.05) is 24.3 Å². The van der Waals surface area contributed by atoms with Crippen molar-refractivity contribution in [2.45, 2.75) is 38.6 Å². The smallest absolute Gasteiger partial charge is 0.261 e. The van der Waals surface area contributed by atoms with Crippen molar-refractivity contribution in [3.8, 4) is 10.6 Å². The minimum absolute atomic E-state index is 0.0659. The van der Waals surface area contributed by atoms with E-state index >= 15 is 0 Å². The summed E-state index contributed by atoms with van der Waals surface area (Å²) in [4.78, 5) is 30.7. The van der Waals surface area contributed by atoms with Gasteiger partial charge in [0, 0.05) is 36.5 Å². The number of carbonyl (C=O) groups excluding carboxylic acids is 2. The molecule has 3 aromatic heterocycles. The molecule has 35 heavy (non-hydrogen) atoms. The molecule has 5 rings (SSSR count). The first-order valence-corrected chi connectivity index (χ1v) is 12.6. The maximum atomic E-state index is 12.6. The van der Waals surface area contributed by atoms with Gasteiger partial charge in [-0.2, -0.15) is 9.61 Å². The van der Waals surface area contributed by atoms with Crippen LogP contribution in [0.5, 0.6) is 0 Å². The Labute approximate surface area is 207 Å². The summed E-state index contributed by atoms with van der Waals surface area (Å²) >= 11 is 1.40. The number of allylic oxidation sites excluding steroid dienone is 1. The summed E-state index contributed by atoms with van der Waals surface area (Å²) in [7, 11) is 0. The van der Waals surface area contributed by atoms with Gasteiger partial charge in [-0.05, 0) is 43.0 Å². The molecule has 1 saturated heterocycles. The normalized spacial score (nSPS) is 16.8. The molecule has 1 saturated carbocycles. The molecule has 0 atom stereocenters. The number of nitrogens with zero attached hydrogens (tertiary/aromatic N) is 3. The minimum atomic E-state index is -0.120. The Morgan fingerprint density at radius 1 is 1.37 bits per heavy atom. The van der Waals surface area contributed by atoms with Crippen LogP contribution in [0.1, 0.15) is 47.8 Å². The number of aromatic nitrogens is 3. The summed E-state index contributed by atoms with van der Waals surface area (Å²) in [6.07, 6.45) is 7.15. The maximum Gasteiger partial charge on any atom is 0.261 e. The van der Waals surface area contributed by atoms with Crippen LogP contribution in [0.4, 0.5) is 5.82 Å². The number of hydrogen-bond acceptors (Lipinski definition) is 7. The van der Waals surface area contributed by atoms with E-state index in [1.165, 1.54) is 11.3 Å². The van der Waals surface area contributed by atoms with Crippen LogP contribution in [0.25, 0.3) is 22.3 Å². The molecule has 2 fully saturated rings. The van der Waals surface area contributed by atoms with Gasteiger partial charge < -0.3 is 20.7 Å². The van der Waals surface area contributed by atoms with Crippen LogP contribution in [-0.2, 0) is 9.53 Å². The third kappa shape index (κ3) is 5.28. The number of carbonyl (C=O) groups is 2. The van der Waals surface area contributed by atoms with E-state index < -0.39 is 0 Å². The first-order valence-electron chi connectivity index (χ1n) is 11.8. The average molecular weight is 493 g/mol. The number of rotatable bonds is 10. The predicted octanol–water partition coefficient (Wildman–Crippen LogP) is 3.61. The minimum Gasteiger partial charge on any atom is -0.380 e. The highest BCUT2D eigenvalue weighted by Gasteiger charge is 2.24. The second-order valence-electron chi connectivity index (χ2n) is 8.69. The number of thiophene rings is 1. The SMILES string of the molecule is C=C1NC(=O)C/C1=C\c1cnn2c(NC3CC3)cc(-c3ccc(C(=O)NCCOCCC)s3)nc12. The van der Waals surface area contributed by atoms with E-state index in [-0.39, 0.29) is 18.2 Å². The Hall–Kier alpha value is -3.50. The monoisotopic (exact) mass is 492 g/mol. The van der Waals surface area contributed by atoms with Gasteiger partial charge in [0.2, 0.25) is 5.91 Å². The van der Waals surface area contributed by atoms with Crippen molar-refractivity contribution in [3.05, 3.63) is 52.7 Å². The van der Waals surface area contributed by atoms with Crippen LogP contribution < -0.4 is 16.0 Å². The van der Waals surface area contributed by atoms with Gasteiger partial charge in [0.25, 0.3) is 5.91 Å². The van der Waals surface area contributed by atoms with Crippen molar-refractivity contribution in [3.63, 3.8) is 0 Å². The van der Waals surface area contributed by atoms with Crippen LogP contribution in [0.15, 0.2) is 42.2 Å². The highest BCUT2D eigenvalue weighted by molar-refractivity contribution is 7.17. The Kier molecular flexibility index (Phi) is 6.65. The van der Waals surface area contributed by atoms with Crippen LogP contribution in [0, 0.1) is 0 Å². The molecule has 0 radical (unpaired) electrons. The molecular formula is C25H28N6O3S. The standard InChI is InChI=1S/C25H28N6O3S/c1-3-9-34-10-8-26-25(33)21-7-6-20(35-21)19-13-22(29-18-4-5-18)31-24(30-19)17(14-27-31)11-16-12-23(32)28-15(16)2/h6-7,11,13-14,18,29H,2-5,8-10,12H2,1H3,(H,26,33)(H,28,32)/b16-11+. The lowest BCUT2D eigenvalue weighted by atomic mass is 10.1. The van der Waals surface area contributed by atoms with E-state index in [9.17, 15) is 9.59 Å². The zero-order valence-electron chi connectivity index (χ0n) is 19.6. The molecule has 4 heterocycles. The molecule has 2 amide bonds. The summed E-state index contributed by atoms with van der Waals surface area (Å²) in [6.45, 7) is 7.65. The van der Waals surface area contributed by atoms with Crippen molar-refractivity contribution in [1.29, 1.82) is 0 Å². The summed E-state index contributed by atoms with van der Waals surface area (Å²) in [5.74, 6) is 0.665. The maximum absolute atomic E-state index is 12.6. The molecule has 182 valence electrons. The van der Waals surface area contributed by atoms with E-state index in [2.05, 4.69) is 34.6 Å². The molecule has 0 spiro atoms. The van der Waals surface area contributed by atoms with Crippen molar-refractivity contribution >= 4 is 40.7 Å². The van der Waals surface area contributed by atoms with Crippen LogP contribution in [0.3, 0.4) is 0 Å². The van der Waals surface area contributed by atoms with Crippen LogP contribution in [-0.4, -0.2) is 52.2 Å². The van der Waals surface area contributed by atoms with E-state index in [0.717, 1.165) is 46.8 Å². The molecule has 9 nitrogen and oxygen atoms in total. The number of anilines is 1. The van der Waals surface area contributed by atoms with E-state index in [4.69, 9.17) is 9.72 Å². The van der Waals surface area contributed by atoms with Gasteiger partial charge in [0.05, 0.1) is 34.7 Å². The molecule has 0 bridgehead atoms. The van der Waals surface area contributed by atoms with Gasteiger partial charge in [-0.15, -0.1) is 11.3 Å². The third-order valence-corrected chi connectivity index (χ3v) is 6.86. The topological polar surface area (TPSA) is 110 Å². The molecule has 1 aliphatic carbocycles. The number of nitrogens with one attached hydrogen (secondary N) is 3. The van der Waals surface area contributed by atoms with Crippen LogP contribution >= 0.6 is 11.3 Å². The van der Waals surface area contributed by atoms with Gasteiger partial charge in [-0.25, -0.2) is 4.98 Å². The molecule has 10 heteroatoms. The molecule has 2 aliphatic rings. The number of hydrogen-bond donors (Lipinski definition) is 3. The van der Waals surface area contributed by atoms with Crippen molar-refractivity contribution < 1.29 is 14.3 Å². The van der Waals surface area contributed by atoms with Gasteiger partial charge in [0.1, 0.15) is 5.82 Å². The highest BCUT2D eigenvalue weighted by Crippen LogP contribution is 2.33. The quantitative estimate of drug-likeness (QED) is 0.373. The predicted molar refractivity (Wildman–Crippen MR) is 136 cm³/mol. The molecule has 0 unspecified atom stereocenters. The van der Waals surface area contributed by atoms with E-state index in [0.29, 0.717) is 42.0 Å². The fourth-order valence-corrected chi connectivity index (χ4v) is 4.70. The zero-order chi connectivity index (χ0) is 24.4. The second kappa shape index (κ2) is 10.0. The van der Waals surface area contributed by atoms with Crippen molar-refractivity contribution in [2.24, 2.45) is 0 Å². The molecule has 0 aromatic carbocycles. The van der Waals surface area contributed by atoms with Crippen LogP contribution in [0.2, 0.25) is 0 Å². The lowest BCUT2D eigenvalue weighted by molar-refractivity contribution is -0.118. The Bertz CT molecular complexity index is 1320. The molecule has 3 N–H and O–H groups in total. The first kappa shape index (κ1) is 23.3. The third-order valence-electron chi connectivity index (χ3n) is 5.75. The lowest BCUT2D eigenvalue weighted by Gasteiger charge is -2.09. The summed E-state index contributed by atoms with van der Waals surface area (Å²) < 4.78 is 7.22. The van der Waals surface area contributed by atoms with Crippen molar-refractivity contribution in [1.82, 2.24) is 25.2 Å². The Balaban J connectivity index is 1.43. The molecule has 1 aliphatic heterocycles. The fraction of sp³-hybridized carbons (Fsp3) is 0.360. The summed E-state index contributed by atoms with van der Waals surface area (Å²) in [5.41, 5.74) is 3.68. The van der Waals surface area contributed by atoms with Gasteiger partial charge in [-0.1, -0.05) is 13.5 Å². The fourth-order valence-electron chi connectivity index (χ4n) is 3.81. The largest absolute Gasteiger partial charge is 0.380 e. The molecule has 3 aromatic rings. The highest BCUT2D eigenvalue weighted by atomic mass is 32.1. The van der Waals surface area contributed by atoms with Gasteiger partial charge >= 0.3 is 0 Å². The summed E-state index contributed by atoms with van der Waals surface area (Å²) in [5, 5.41) is 13.7. The first-order chi connectivity index (χ1) is 17.0. The van der Waals surface area contributed by atoms with Gasteiger partial charge in [-0.3, -0.25) is 9.59 Å².